The van der Waals surface area contributed by atoms with Gasteiger partial charge in [0.25, 0.3) is 0 Å². The van der Waals surface area contributed by atoms with Crippen LogP contribution in [0.25, 0.3) is 0 Å². The molecule has 0 heterocycles. The number of allylic oxidation sites excluding steroid dienone is 5. The van der Waals surface area contributed by atoms with Crippen molar-refractivity contribution in [3.05, 3.63) is 47.3 Å². The molecule has 0 rings (SSSR count). The highest BCUT2D eigenvalue weighted by Crippen LogP contribution is 2.14. The quantitative estimate of drug-likeness (QED) is 0.309. The molecule has 0 bridgehead atoms. The molecule has 0 unspecified atom stereocenters. The van der Waals surface area contributed by atoms with Crippen molar-refractivity contribution in [2.45, 2.75) is 53.5 Å². The van der Waals surface area contributed by atoms with Gasteiger partial charge in [-0.05, 0) is 69.9 Å². The predicted octanol–water partition coefficient (Wildman–Crippen LogP) is 4.57. The summed E-state index contributed by atoms with van der Waals surface area (Å²) in [6, 6.07) is 0. The number of methoxy groups -OCH3 is 1. The molecule has 0 spiro atoms. The van der Waals surface area contributed by atoms with Gasteiger partial charge in [-0.2, -0.15) is 0 Å². The lowest BCUT2D eigenvalue weighted by molar-refractivity contribution is 0.306. The molecule has 0 aromatic carbocycles. The second-order valence-electron chi connectivity index (χ2n) is 6.10. The molecule has 0 amide bonds. The summed E-state index contributed by atoms with van der Waals surface area (Å²) in [6.45, 7) is 16.7. The molecule has 0 aromatic rings. The number of aliphatic imine (C=N–C) groups is 1. The highest BCUT2D eigenvalue weighted by Gasteiger charge is 2.14. The van der Waals surface area contributed by atoms with Crippen LogP contribution in [0.4, 0.5) is 0 Å². The molecule has 3 nitrogen and oxygen atoms in total. The Balaban J connectivity index is 5.18. The third-order valence-electron chi connectivity index (χ3n) is 3.66. The molecular formula is C19H32N2O. The van der Waals surface area contributed by atoms with Gasteiger partial charge in [-0.15, -0.1) is 0 Å². The van der Waals surface area contributed by atoms with E-state index < -0.39 is 5.54 Å². The lowest BCUT2D eigenvalue weighted by Gasteiger charge is -2.20. The van der Waals surface area contributed by atoms with E-state index >= 15 is 0 Å². The van der Waals surface area contributed by atoms with Crippen LogP contribution < -0.4 is 5.73 Å². The van der Waals surface area contributed by atoms with Crippen LogP contribution in [0.1, 0.15) is 48.0 Å². The standard InChI is InChI=1S/C19H32N2O/c1-9-10-11-18(22-8)12-14(2)16(4)17(5)21-13-15(3)19(6,7)20/h10-12H,3,9,13,20H2,1-2,4-8H3/b11-10-,16-14+,18-12+,21-17+. The first-order chi connectivity index (χ1) is 10.1. The van der Waals surface area contributed by atoms with Gasteiger partial charge in [-0.1, -0.05) is 19.6 Å². The van der Waals surface area contributed by atoms with E-state index in [-0.39, 0.29) is 0 Å². The van der Waals surface area contributed by atoms with Crippen molar-refractivity contribution in [1.29, 1.82) is 0 Å². The average molecular weight is 304 g/mol. The molecule has 0 fully saturated rings. The van der Waals surface area contributed by atoms with Crippen molar-refractivity contribution in [2.75, 3.05) is 13.7 Å². The van der Waals surface area contributed by atoms with Gasteiger partial charge in [0.1, 0.15) is 5.76 Å². The Bertz CT molecular complexity index is 500. The maximum Gasteiger partial charge on any atom is 0.118 e. The third-order valence-corrected chi connectivity index (χ3v) is 3.66. The maximum atomic E-state index is 6.02. The van der Waals surface area contributed by atoms with Crippen LogP contribution in [0.5, 0.6) is 0 Å². The highest BCUT2D eigenvalue weighted by molar-refractivity contribution is 5.98. The topological polar surface area (TPSA) is 47.6 Å². The highest BCUT2D eigenvalue weighted by atomic mass is 16.5. The molecule has 3 heteroatoms. The smallest absolute Gasteiger partial charge is 0.118 e. The Kier molecular flexibility index (Phi) is 8.73. The molecule has 0 aromatic heterocycles. The van der Waals surface area contributed by atoms with Crippen molar-refractivity contribution in [3.63, 3.8) is 0 Å². The predicted molar refractivity (Wildman–Crippen MR) is 98.3 cm³/mol. The lowest BCUT2D eigenvalue weighted by Crippen LogP contribution is -2.35. The van der Waals surface area contributed by atoms with Crippen molar-refractivity contribution in [3.8, 4) is 0 Å². The van der Waals surface area contributed by atoms with Gasteiger partial charge in [0.05, 0.1) is 13.7 Å². The van der Waals surface area contributed by atoms with E-state index in [0.29, 0.717) is 6.54 Å². The van der Waals surface area contributed by atoms with Crippen LogP contribution in [-0.4, -0.2) is 24.9 Å². The Morgan fingerprint density at radius 1 is 1.27 bits per heavy atom. The Morgan fingerprint density at radius 3 is 2.32 bits per heavy atom. The van der Waals surface area contributed by atoms with Gasteiger partial charge in [-0.25, -0.2) is 0 Å². The minimum Gasteiger partial charge on any atom is -0.497 e. The van der Waals surface area contributed by atoms with Crippen LogP contribution in [-0.2, 0) is 4.74 Å². The molecule has 0 saturated heterocycles. The van der Waals surface area contributed by atoms with Gasteiger partial charge in [0, 0.05) is 11.3 Å². The van der Waals surface area contributed by atoms with Gasteiger partial charge in [0.2, 0.25) is 0 Å². The summed E-state index contributed by atoms with van der Waals surface area (Å²) in [5.74, 6) is 0.846. The zero-order chi connectivity index (χ0) is 17.3. The van der Waals surface area contributed by atoms with Gasteiger partial charge in [0.15, 0.2) is 0 Å². The van der Waals surface area contributed by atoms with Gasteiger partial charge >= 0.3 is 0 Å². The molecule has 0 radical (unpaired) electrons. The molecular weight excluding hydrogens is 272 g/mol. The summed E-state index contributed by atoms with van der Waals surface area (Å²) in [5.41, 5.74) is 9.82. The molecule has 124 valence electrons. The summed E-state index contributed by atoms with van der Waals surface area (Å²) in [4.78, 5) is 4.60. The number of hydrogen-bond acceptors (Lipinski definition) is 3. The largest absolute Gasteiger partial charge is 0.497 e. The molecule has 22 heavy (non-hydrogen) atoms. The normalized spacial score (nSPS) is 15.1. The van der Waals surface area contributed by atoms with Crippen molar-refractivity contribution >= 4 is 5.71 Å². The first-order valence-electron chi connectivity index (χ1n) is 7.71. The number of ether oxygens (including phenoxy) is 1. The fourth-order valence-electron chi connectivity index (χ4n) is 1.55. The summed E-state index contributed by atoms with van der Waals surface area (Å²) < 4.78 is 5.37. The molecule has 0 aliphatic rings. The van der Waals surface area contributed by atoms with Crippen LogP contribution in [0.15, 0.2) is 52.3 Å². The van der Waals surface area contributed by atoms with E-state index in [4.69, 9.17) is 10.5 Å². The van der Waals surface area contributed by atoms with Crippen molar-refractivity contribution in [2.24, 2.45) is 10.7 Å². The first-order valence-corrected chi connectivity index (χ1v) is 7.71. The van der Waals surface area contributed by atoms with Crippen LogP contribution >= 0.6 is 0 Å². The van der Waals surface area contributed by atoms with E-state index in [1.165, 1.54) is 0 Å². The molecule has 0 aliphatic carbocycles. The van der Waals surface area contributed by atoms with Crippen LogP contribution in [0.3, 0.4) is 0 Å². The average Bonchev–Trinajstić information content (AvgIpc) is 2.46. The fourth-order valence-corrected chi connectivity index (χ4v) is 1.55. The van der Waals surface area contributed by atoms with E-state index in [9.17, 15) is 0 Å². The fraction of sp³-hybridized carbons (Fsp3) is 0.526. The zero-order valence-corrected chi connectivity index (χ0v) is 15.3. The summed E-state index contributed by atoms with van der Waals surface area (Å²) >= 11 is 0. The molecule has 0 saturated carbocycles. The van der Waals surface area contributed by atoms with Gasteiger partial charge < -0.3 is 10.5 Å². The van der Waals surface area contributed by atoms with Crippen LogP contribution in [0, 0.1) is 0 Å². The number of rotatable bonds is 8. The van der Waals surface area contributed by atoms with E-state index in [2.05, 4.69) is 38.4 Å². The molecule has 0 aliphatic heterocycles. The summed E-state index contributed by atoms with van der Waals surface area (Å²) in [6.07, 6.45) is 7.08. The number of nitrogens with two attached hydrogens (primary N) is 1. The Labute approximate surface area is 136 Å². The summed E-state index contributed by atoms with van der Waals surface area (Å²) in [7, 11) is 1.68. The SMILES string of the molecule is C=C(C/N=C(C)/C(C)=C(C)/C=C(\C=C/CC)OC)C(C)(C)N. The minimum absolute atomic E-state index is 0.398. The molecule has 2 N–H and O–H groups in total. The maximum absolute atomic E-state index is 6.02. The van der Waals surface area contributed by atoms with Gasteiger partial charge in [-0.3, -0.25) is 4.99 Å². The Morgan fingerprint density at radius 2 is 1.86 bits per heavy atom. The Hall–Kier alpha value is -1.61. The van der Waals surface area contributed by atoms with Crippen LogP contribution in [0.2, 0.25) is 0 Å². The summed E-state index contributed by atoms with van der Waals surface area (Å²) in [5, 5.41) is 0. The first kappa shape index (κ1) is 20.4. The monoisotopic (exact) mass is 304 g/mol. The van der Waals surface area contributed by atoms with Crippen molar-refractivity contribution in [1.82, 2.24) is 0 Å². The van der Waals surface area contributed by atoms with E-state index in [1.54, 1.807) is 7.11 Å². The van der Waals surface area contributed by atoms with E-state index in [0.717, 1.165) is 34.6 Å². The van der Waals surface area contributed by atoms with Crippen molar-refractivity contribution < 1.29 is 4.74 Å². The third kappa shape index (κ3) is 7.41. The minimum atomic E-state index is -0.398. The second kappa shape index (κ2) is 9.42. The lowest BCUT2D eigenvalue weighted by atomic mass is 9.97. The molecule has 0 atom stereocenters. The zero-order valence-electron chi connectivity index (χ0n) is 15.3. The second-order valence-corrected chi connectivity index (χ2v) is 6.10. The van der Waals surface area contributed by atoms with E-state index in [1.807, 2.05) is 32.9 Å². The number of nitrogens with zero attached hydrogens (tertiary/aromatic N) is 1. The number of hydrogen-bond donors (Lipinski definition) is 1.